The van der Waals surface area contributed by atoms with Gasteiger partial charge in [-0.05, 0) is 62.1 Å². The molecule has 1 fully saturated rings. The Morgan fingerprint density at radius 1 is 1.23 bits per heavy atom. The van der Waals surface area contributed by atoms with E-state index in [1.165, 1.54) is 44.3 Å². The van der Waals surface area contributed by atoms with Crippen LogP contribution >= 0.6 is 11.6 Å². The summed E-state index contributed by atoms with van der Waals surface area (Å²) in [5.41, 5.74) is -0.957. The van der Waals surface area contributed by atoms with Gasteiger partial charge in [0, 0.05) is 30.7 Å². The largest absolute Gasteiger partial charge is 0.435 e. The van der Waals surface area contributed by atoms with Crippen molar-refractivity contribution in [3.63, 3.8) is 0 Å². The molecule has 0 bridgehead atoms. The molecule has 0 radical (unpaired) electrons. The highest BCUT2D eigenvalue weighted by atomic mass is 35.5. The molecular weight excluding hydrogens is 557 g/mol. The number of halogens is 4. The van der Waals surface area contributed by atoms with Gasteiger partial charge in [0.05, 0.1) is 27.2 Å². The number of aromatic nitrogens is 3. The molecule has 1 atom stereocenters. The Bertz CT molecular complexity index is 1660. The minimum Gasteiger partial charge on any atom is -0.294 e. The first-order valence-corrected chi connectivity index (χ1v) is 13.7. The molecule has 1 unspecified atom stereocenters. The van der Waals surface area contributed by atoms with E-state index in [9.17, 15) is 36.4 Å². The fourth-order valence-corrected chi connectivity index (χ4v) is 6.57. The molecule has 1 aromatic carbocycles. The van der Waals surface area contributed by atoms with Gasteiger partial charge in [-0.3, -0.25) is 9.59 Å². The summed E-state index contributed by atoms with van der Waals surface area (Å²) in [4.78, 5) is 30.8. The first kappa shape index (κ1) is 28.4. The second kappa shape index (κ2) is 9.88. The third-order valence-electron chi connectivity index (χ3n) is 7.10. The summed E-state index contributed by atoms with van der Waals surface area (Å²) in [5, 5.41) is 12.9. The Morgan fingerprint density at radius 3 is 2.49 bits per heavy atom. The van der Waals surface area contributed by atoms with Crippen LogP contribution in [0.1, 0.15) is 63.5 Å². The van der Waals surface area contributed by atoms with Gasteiger partial charge in [-0.2, -0.15) is 23.5 Å². The highest BCUT2D eigenvalue weighted by Crippen LogP contribution is 2.42. The fraction of sp³-hybridized carbons (Fsp3) is 0.346. The monoisotopic (exact) mass is 578 g/mol. The van der Waals surface area contributed by atoms with E-state index in [0.717, 1.165) is 4.68 Å². The Labute approximate surface area is 227 Å². The zero-order chi connectivity index (χ0) is 28.9. The zero-order valence-corrected chi connectivity index (χ0v) is 22.6. The van der Waals surface area contributed by atoms with Crippen LogP contribution in [0.3, 0.4) is 0 Å². The summed E-state index contributed by atoms with van der Waals surface area (Å²) in [6.45, 7) is 4.65. The molecule has 0 aliphatic carbocycles. The number of aryl methyl sites for hydroxylation is 1. The number of Topliss-reactive ketones (excluding diaryl/α,β-unsaturated/α-hetero) is 2. The van der Waals surface area contributed by atoms with Crippen LogP contribution < -0.4 is 0 Å². The molecule has 0 amide bonds. The number of alkyl halides is 3. The molecule has 1 aliphatic rings. The number of carbonyl (C=O) groups is 2. The highest BCUT2D eigenvalue weighted by Gasteiger charge is 2.53. The lowest BCUT2D eigenvalue weighted by Crippen LogP contribution is -2.56. The van der Waals surface area contributed by atoms with E-state index < -0.39 is 56.1 Å². The molecule has 204 valence electrons. The van der Waals surface area contributed by atoms with Gasteiger partial charge in [-0.1, -0.05) is 11.6 Å². The molecule has 0 N–H and O–H groups in total. The van der Waals surface area contributed by atoms with Crippen LogP contribution in [0.2, 0.25) is 5.02 Å². The Kier molecular flexibility index (Phi) is 7.21. The van der Waals surface area contributed by atoms with Crippen LogP contribution in [-0.4, -0.2) is 45.2 Å². The van der Waals surface area contributed by atoms with E-state index in [-0.39, 0.29) is 39.7 Å². The predicted molar refractivity (Wildman–Crippen MR) is 136 cm³/mol. The van der Waals surface area contributed by atoms with Gasteiger partial charge in [-0.15, -0.1) is 0 Å². The normalized spacial score (nSPS) is 17.7. The average Bonchev–Trinajstić information content (AvgIpc) is 3.31. The maximum Gasteiger partial charge on any atom is 0.435 e. The lowest BCUT2D eigenvalue weighted by atomic mass is 9.85. The second-order valence-electron chi connectivity index (χ2n) is 9.87. The third kappa shape index (κ3) is 5.21. The molecule has 39 heavy (non-hydrogen) atoms. The maximum absolute atomic E-state index is 13.5. The van der Waals surface area contributed by atoms with Gasteiger partial charge in [0.2, 0.25) is 0 Å². The van der Waals surface area contributed by atoms with E-state index in [0.29, 0.717) is 11.6 Å². The molecule has 3 aromatic rings. The van der Waals surface area contributed by atoms with Crippen molar-refractivity contribution in [2.45, 2.75) is 44.5 Å². The third-order valence-corrected chi connectivity index (χ3v) is 10.2. The van der Waals surface area contributed by atoms with E-state index in [2.05, 4.69) is 10.1 Å². The molecule has 8 nitrogen and oxygen atoms in total. The van der Waals surface area contributed by atoms with Crippen molar-refractivity contribution in [3.05, 3.63) is 75.2 Å². The summed E-state index contributed by atoms with van der Waals surface area (Å²) in [5.74, 6) is -2.08. The number of carbonyl (C=O) groups excluding carboxylic acids is 2. The van der Waals surface area contributed by atoms with Gasteiger partial charge >= 0.3 is 6.18 Å². The smallest absolute Gasteiger partial charge is 0.294 e. The molecular formula is C26H22ClF3N4O4S. The SMILES string of the molecule is Cc1cc(C#N)cc(C(=O)CC2CS(=O)(=O)C2(C)C)c1CC(=O)c1cc(C(F)(F)F)nn1-c1ncccc1Cl. The van der Waals surface area contributed by atoms with Crippen molar-refractivity contribution in [2.75, 3.05) is 5.75 Å². The Hall–Kier alpha value is -3.56. The maximum atomic E-state index is 13.5. The van der Waals surface area contributed by atoms with Gasteiger partial charge in [0.15, 0.2) is 32.9 Å². The van der Waals surface area contributed by atoms with Gasteiger partial charge in [-0.25, -0.2) is 18.1 Å². The van der Waals surface area contributed by atoms with Crippen molar-refractivity contribution < 1.29 is 31.2 Å². The summed E-state index contributed by atoms with van der Waals surface area (Å²) < 4.78 is 64.5. The van der Waals surface area contributed by atoms with E-state index in [1.54, 1.807) is 6.92 Å². The van der Waals surface area contributed by atoms with Crippen LogP contribution in [0.15, 0.2) is 36.5 Å². The van der Waals surface area contributed by atoms with E-state index in [1.807, 2.05) is 6.07 Å². The van der Waals surface area contributed by atoms with Gasteiger partial charge in [0.25, 0.3) is 0 Å². The number of nitrogens with zero attached hydrogens (tertiary/aromatic N) is 4. The van der Waals surface area contributed by atoms with Crippen LogP contribution in [0, 0.1) is 24.2 Å². The number of sulfone groups is 1. The number of pyridine rings is 1. The standard InChI is InChI=1S/C26H22ClF3N4O4S/c1-14-7-15(12-31)8-18(21(35)9-16-13-39(37,38)25(16,2)3)17(14)10-22(36)20-11-23(26(28,29)30)33-34(20)24-19(27)5-4-6-32-24/h4-8,11,16H,9-10,13H2,1-3H3. The quantitative estimate of drug-likeness (QED) is 0.364. The second-order valence-corrected chi connectivity index (χ2v) is 12.9. The molecule has 1 aliphatic heterocycles. The number of ketones is 2. The van der Waals surface area contributed by atoms with Crippen LogP contribution in [-0.2, 0) is 22.4 Å². The fourth-order valence-electron chi connectivity index (χ4n) is 4.50. The molecule has 2 aromatic heterocycles. The molecule has 0 saturated carbocycles. The van der Waals surface area contributed by atoms with E-state index >= 15 is 0 Å². The van der Waals surface area contributed by atoms with E-state index in [4.69, 9.17) is 11.6 Å². The lowest BCUT2D eigenvalue weighted by Gasteiger charge is -2.43. The van der Waals surface area contributed by atoms with Gasteiger partial charge in [0.1, 0.15) is 5.69 Å². The summed E-state index contributed by atoms with van der Waals surface area (Å²) in [7, 11) is -3.34. The minimum atomic E-state index is -4.86. The molecule has 3 heterocycles. The molecule has 0 spiro atoms. The van der Waals surface area contributed by atoms with Crippen molar-refractivity contribution in [1.29, 1.82) is 5.26 Å². The van der Waals surface area contributed by atoms with Gasteiger partial charge < -0.3 is 0 Å². The topological polar surface area (TPSA) is 123 Å². The van der Waals surface area contributed by atoms with Crippen molar-refractivity contribution >= 4 is 33.0 Å². The predicted octanol–water partition coefficient (Wildman–Crippen LogP) is 4.94. The average molecular weight is 579 g/mol. The van der Waals surface area contributed by atoms with Crippen molar-refractivity contribution in [1.82, 2.24) is 14.8 Å². The first-order chi connectivity index (χ1) is 18.1. The number of hydrogen-bond donors (Lipinski definition) is 0. The van der Waals surface area contributed by atoms with Crippen molar-refractivity contribution in [2.24, 2.45) is 5.92 Å². The molecule has 13 heteroatoms. The minimum absolute atomic E-state index is 0.0353. The number of nitriles is 1. The summed E-state index contributed by atoms with van der Waals surface area (Å²) in [6, 6.07) is 8.17. The molecule has 4 rings (SSSR count). The zero-order valence-electron chi connectivity index (χ0n) is 21.0. The number of rotatable bonds is 7. The highest BCUT2D eigenvalue weighted by molar-refractivity contribution is 7.94. The van der Waals surface area contributed by atoms with Crippen LogP contribution in [0.5, 0.6) is 0 Å². The van der Waals surface area contributed by atoms with Crippen LogP contribution in [0.4, 0.5) is 13.2 Å². The summed E-state index contributed by atoms with van der Waals surface area (Å²) >= 11 is 6.12. The van der Waals surface area contributed by atoms with Crippen molar-refractivity contribution in [3.8, 4) is 11.9 Å². The lowest BCUT2D eigenvalue weighted by molar-refractivity contribution is -0.141. The van der Waals surface area contributed by atoms with Crippen LogP contribution in [0.25, 0.3) is 5.82 Å². The Balaban J connectivity index is 1.75. The Morgan fingerprint density at radius 2 is 1.92 bits per heavy atom. The first-order valence-electron chi connectivity index (χ1n) is 11.7. The molecule has 1 saturated heterocycles. The summed E-state index contributed by atoms with van der Waals surface area (Å²) in [6.07, 6.45) is -4.20. The number of hydrogen-bond acceptors (Lipinski definition) is 7. The number of benzene rings is 1.